The van der Waals surface area contributed by atoms with Gasteiger partial charge in [0.05, 0.1) is 14.2 Å². The van der Waals surface area contributed by atoms with Crippen LogP contribution in [0.4, 0.5) is 0 Å². The molecule has 2 aromatic rings. The second-order valence-corrected chi connectivity index (χ2v) is 4.63. The molecule has 0 aliphatic carbocycles. The van der Waals surface area contributed by atoms with E-state index in [1.807, 2.05) is 25.1 Å². The standard InChI is InChI=1S/C14H19N3O3/c1-9(8-15)6-13-16-14(17-20-13)10-4-5-11(18-2)12(7-10)19-3/h4-5,7,9H,6,8,15H2,1-3H3. The fourth-order valence-corrected chi connectivity index (χ4v) is 1.81. The zero-order valence-electron chi connectivity index (χ0n) is 11.9. The molecule has 0 aliphatic heterocycles. The number of methoxy groups -OCH3 is 2. The van der Waals surface area contributed by atoms with E-state index in [2.05, 4.69) is 10.1 Å². The van der Waals surface area contributed by atoms with E-state index >= 15 is 0 Å². The predicted molar refractivity (Wildman–Crippen MR) is 74.8 cm³/mol. The van der Waals surface area contributed by atoms with E-state index < -0.39 is 0 Å². The van der Waals surface area contributed by atoms with Crippen LogP contribution in [0.5, 0.6) is 11.5 Å². The van der Waals surface area contributed by atoms with Crippen molar-refractivity contribution in [3.63, 3.8) is 0 Å². The fraction of sp³-hybridized carbons (Fsp3) is 0.429. The molecule has 0 spiro atoms. The Morgan fingerprint density at radius 1 is 1.25 bits per heavy atom. The molecule has 1 unspecified atom stereocenters. The van der Waals surface area contributed by atoms with Gasteiger partial charge in [0.25, 0.3) is 0 Å². The van der Waals surface area contributed by atoms with Gasteiger partial charge in [-0.3, -0.25) is 0 Å². The minimum absolute atomic E-state index is 0.314. The first-order valence-electron chi connectivity index (χ1n) is 6.43. The Kier molecular flexibility index (Phi) is 4.57. The lowest BCUT2D eigenvalue weighted by molar-refractivity contribution is 0.354. The maximum absolute atomic E-state index is 5.59. The first-order chi connectivity index (χ1) is 9.67. The molecule has 0 aliphatic rings. The number of rotatable bonds is 6. The smallest absolute Gasteiger partial charge is 0.227 e. The van der Waals surface area contributed by atoms with Crippen LogP contribution in [0.25, 0.3) is 11.4 Å². The Balaban J connectivity index is 2.23. The maximum atomic E-state index is 5.59. The van der Waals surface area contributed by atoms with Crippen molar-refractivity contribution >= 4 is 0 Å². The molecule has 20 heavy (non-hydrogen) atoms. The highest BCUT2D eigenvalue weighted by Crippen LogP contribution is 2.31. The van der Waals surface area contributed by atoms with Gasteiger partial charge in [-0.15, -0.1) is 0 Å². The van der Waals surface area contributed by atoms with Gasteiger partial charge in [-0.25, -0.2) is 0 Å². The van der Waals surface area contributed by atoms with E-state index in [0.29, 0.717) is 42.1 Å². The number of nitrogens with zero attached hydrogens (tertiary/aromatic N) is 2. The van der Waals surface area contributed by atoms with Crippen molar-refractivity contribution in [2.75, 3.05) is 20.8 Å². The molecule has 0 fully saturated rings. The second-order valence-electron chi connectivity index (χ2n) is 4.63. The number of hydrogen-bond acceptors (Lipinski definition) is 6. The molecular formula is C14H19N3O3. The number of benzene rings is 1. The lowest BCUT2D eigenvalue weighted by Gasteiger charge is -2.07. The van der Waals surface area contributed by atoms with E-state index in [4.69, 9.17) is 19.7 Å². The van der Waals surface area contributed by atoms with Crippen LogP contribution in [0.3, 0.4) is 0 Å². The summed E-state index contributed by atoms with van der Waals surface area (Å²) in [6, 6.07) is 5.49. The van der Waals surface area contributed by atoms with Crippen molar-refractivity contribution < 1.29 is 14.0 Å². The summed E-state index contributed by atoms with van der Waals surface area (Å²) in [5, 5.41) is 3.98. The Bertz CT molecular complexity index is 569. The summed E-state index contributed by atoms with van der Waals surface area (Å²) in [7, 11) is 3.18. The lowest BCUT2D eigenvalue weighted by Crippen LogP contribution is -2.13. The molecule has 0 saturated carbocycles. The molecule has 1 heterocycles. The van der Waals surface area contributed by atoms with Crippen molar-refractivity contribution in [2.24, 2.45) is 11.7 Å². The quantitative estimate of drug-likeness (QED) is 0.868. The third kappa shape index (κ3) is 3.08. The Hall–Kier alpha value is -2.08. The molecule has 1 aromatic heterocycles. The van der Waals surface area contributed by atoms with Gasteiger partial charge < -0.3 is 19.7 Å². The minimum atomic E-state index is 0.314. The third-order valence-electron chi connectivity index (χ3n) is 3.04. The molecular weight excluding hydrogens is 258 g/mol. The van der Waals surface area contributed by atoms with Crippen LogP contribution in [-0.4, -0.2) is 30.9 Å². The molecule has 0 saturated heterocycles. The van der Waals surface area contributed by atoms with Gasteiger partial charge in [0.1, 0.15) is 0 Å². The van der Waals surface area contributed by atoms with Gasteiger partial charge in [-0.1, -0.05) is 12.1 Å². The number of hydrogen-bond donors (Lipinski definition) is 1. The van der Waals surface area contributed by atoms with Gasteiger partial charge in [-0.2, -0.15) is 4.98 Å². The monoisotopic (exact) mass is 277 g/mol. The summed E-state index contributed by atoms with van der Waals surface area (Å²) >= 11 is 0. The minimum Gasteiger partial charge on any atom is -0.493 e. The van der Waals surface area contributed by atoms with Gasteiger partial charge in [0.15, 0.2) is 11.5 Å². The summed E-state index contributed by atoms with van der Waals surface area (Å²) in [5.41, 5.74) is 6.40. The van der Waals surface area contributed by atoms with Crippen LogP contribution < -0.4 is 15.2 Å². The summed E-state index contributed by atoms with van der Waals surface area (Å²) in [6.45, 7) is 2.63. The zero-order valence-corrected chi connectivity index (χ0v) is 11.9. The first kappa shape index (κ1) is 14.3. The number of nitrogens with two attached hydrogens (primary N) is 1. The topological polar surface area (TPSA) is 83.4 Å². The summed E-state index contributed by atoms with van der Waals surface area (Å²) in [4.78, 5) is 4.37. The lowest BCUT2D eigenvalue weighted by atomic mass is 10.1. The molecule has 2 rings (SSSR count). The summed E-state index contributed by atoms with van der Waals surface area (Å²) < 4.78 is 15.7. The van der Waals surface area contributed by atoms with Crippen LogP contribution in [0, 0.1) is 5.92 Å². The molecule has 1 atom stereocenters. The molecule has 0 radical (unpaired) electrons. The van der Waals surface area contributed by atoms with E-state index in [-0.39, 0.29) is 0 Å². The first-order valence-corrected chi connectivity index (χ1v) is 6.43. The van der Waals surface area contributed by atoms with E-state index in [1.165, 1.54) is 0 Å². The van der Waals surface area contributed by atoms with E-state index in [1.54, 1.807) is 14.2 Å². The van der Waals surface area contributed by atoms with Gasteiger partial charge in [-0.05, 0) is 30.7 Å². The molecule has 108 valence electrons. The van der Waals surface area contributed by atoms with Crippen LogP contribution in [0.2, 0.25) is 0 Å². The molecule has 2 N–H and O–H groups in total. The summed E-state index contributed by atoms with van der Waals surface area (Å²) in [5.74, 6) is 2.73. The highest BCUT2D eigenvalue weighted by atomic mass is 16.5. The molecule has 0 amide bonds. The van der Waals surface area contributed by atoms with Crippen molar-refractivity contribution in [1.82, 2.24) is 10.1 Å². The summed E-state index contributed by atoms with van der Waals surface area (Å²) in [6.07, 6.45) is 0.677. The average Bonchev–Trinajstić information content (AvgIpc) is 2.94. The normalized spacial score (nSPS) is 12.2. The van der Waals surface area contributed by atoms with Gasteiger partial charge in [0, 0.05) is 12.0 Å². The van der Waals surface area contributed by atoms with Crippen molar-refractivity contribution in [3.05, 3.63) is 24.1 Å². The number of ether oxygens (including phenoxy) is 2. The largest absolute Gasteiger partial charge is 0.493 e. The van der Waals surface area contributed by atoms with E-state index in [9.17, 15) is 0 Å². The van der Waals surface area contributed by atoms with Gasteiger partial charge >= 0.3 is 0 Å². The Labute approximate surface area is 117 Å². The Morgan fingerprint density at radius 2 is 2.00 bits per heavy atom. The van der Waals surface area contributed by atoms with E-state index in [0.717, 1.165) is 5.56 Å². The molecule has 1 aromatic carbocycles. The van der Waals surface area contributed by atoms with Crippen molar-refractivity contribution in [3.8, 4) is 22.9 Å². The number of aromatic nitrogens is 2. The molecule has 0 bridgehead atoms. The predicted octanol–water partition coefficient (Wildman–Crippen LogP) is 1.89. The highest BCUT2D eigenvalue weighted by Gasteiger charge is 2.13. The van der Waals surface area contributed by atoms with Gasteiger partial charge in [0.2, 0.25) is 11.7 Å². The van der Waals surface area contributed by atoms with Crippen molar-refractivity contribution in [2.45, 2.75) is 13.3 Å². The average molecular weight is 277 g/mol. The molecule has 6 nitrogen and oxygen atoms in total. The maximum Gasteiger partial charge on any atom is 0.227 e. The zero-order chi connectivity index (χ0) is 14.5. The highest BCUT2D eigenvalue weighted by molar-refractivity contribution is 5.60. The SMILES string of the molecule is COc1ccc(-c2noc(CC(C)CN)n2)cc1OC. The fourth-order valence-electron chi connectivity index (χ4n) is 1.81. The van der Waals surface area contributed by atoms with Crippen LogP contribution in [0.1, 0.15) is 12.8 Å². The second kappa shape index (κ2) is 6.38. The third-order valence-corrected chi connectivity index (χ3v) is 3.04. The van der Waals surface area contributed by atoms with Crippen LogP contribution >= 0.6 is 0 Å². The van der Waals surface area contributed by atoms with Crippen molar-refractivity contribution in [1.29, 1.82) is 0 Å². The van der Waals surface area contributed by atoms with Crippen LogP contribution in [0.15, 0.2) is 22.7 Å². The Morgan fingerprint density at radius 3 is 2.65 bits per heavy atom. The molecule has 6 heteroatoms. The van der Waals surface area contributed by atoms with Crippen LogP contribution in [-0.2, 0) is 6.42 Å².